The Labute approximate surface area is 141 Å². The van der Waals surface area contributed by atoms with E-state index in [0.717, 1.165) is 28.1 Å². The first kappa shape index (κ1) is 13.6. The van der Waals surface area contributed by atoms with Crippen LogP contribution in [0.4, 0.5) is 11.4 Å². The molecule has 0 unspecified atom stereocenters. The lowest BCUT2D eigenvalue weighted by atomic mass is 9.93. The van der Waals surface area contributed by atoms with Crippen LogP contribution in [0.3, 0.4) is 0 Å². The maximum Gasteiger partial charge on any atom is 0.138 e. The van der Waals surface area contributed by atoms with Crippen molar-refractivity contribution in [3.8, 4) is 0 Å². The highest BCUT2D eigenvalue weighted by atomic mass is 15.0. The molecule has 5 rings (SSSR count). The second-order valence-corrected chi connectivity index (χ2v) is 6.54. The highest BCUT2D eigenvalue weighted by Gasteiger charge is 2.14. The molecule has 0 fully saturated rings. The Balaban J connectivity index is 1.73. The Morgan fingerprint density at radius 1 is 0.875 bits per heavy atom. The monoisotopic (exact) mass is 313 g/mol. The average molecular weight is 313 g/mol. The molecule has 0 aliphatic heterocycles. The van der Waals surface area contributed by atoms with E-state index in [9.17, 15) is 0 Å². The summed E-state index contributed by atoms with van der Waals surface area (Å²) in [5.74, 6) is 0. The summed E-state index contributed by atoms with van der Waals surface area (Å²) >= 11 is 0. The first-order valence-electron chi connectivity index (χ1n) is 8.63. The van der Waals surface area contributed by atoms with Crippen molar-refractivity contribution < 1.29 is 0 Å². The van der Waals surface area contributed by atoms with Crippen molar-refractivity contribution in [1.82, 2.24) is 9.38 Å². The van der Waals surface area contributed by atoms with Gasteiger partial charge < -0.3 is 5.32 Å². The highest BCUT2D eigenvalue weighted by molar-refractivity contribution is 5.93. The molecular weight excluding hydrogens is 294 g/mol. The third kappa shape index (κ3) is 2.16. The molecule has 3 heteroatoms. The van der Waals surface area contributed by atoms with Crippen LogP contribution in [0.5, 0.6) is 0 Å². The van der Waals surface area contributed by atoms with Gasteiger partial charge in [0.2, 0.25) is 0 Å². The third-order valence-corrected chi connectivity index (χ3v) is 4.93. The third-order valence-electron chi connectivity index (χ3n) is 4.93. The Bertz CT molecular complexity index is 1030. The van der Waals surface area contributed by atoms with Crippen LogP contribution >= 0.6 is 0 Å². The van der Waals surface area contributed by atoms with Crippen LogP contribution in [-0.4, -0.2) is 9.38 Å². The fraction of sp³-hybridized carbons (Fsp3) is 0.190. The molecule has 0 bridgehead atoms. The van der Waals surface area contributed by atoms with Crippen LogP contribution in [0.15, 0.2) is 60.8 Å². The summed E-state index contributed by atoms with van der Waals surface area (Å²) in [7, 11) is 0. The van der Waals surface area contributed by atoms with Gasteiger partial charge in [-0.25, -0.2) is 4.98 Å². The molecule has 2 aromatic carbocycles. The Morgan fingerprint density at radius 3 is 2.58 bits per heavy atom. The van der Waals surface area contributed by atoms with E-state index in [0.29, 0.717) is 0 Å². The minimum Gasteiger partial charge on any atom is -0.354 e. The summed E-state index contributed by atoms with van der Waals surface area (Å²) in [6.45, 7) is 0. The van der Waals surface area contributed by atoms with Crippen molar-refractivity contribution in [2.45, 2.75) is 25.7 Å². The van der Waals surface area contributed by atoms with Gasteiger partial charge in [0.25, 0.3) is 0 Å². The number of para-hydroxylation sites is 2. The molecule has 0 radical (unpaired) electrons. The number of hydrogen-bond acceptors (Lipinski definition) is 2. The number of fused-ring (bicyclic) bond motifs is 4. The molecular formula is C21H19N3. The second-order valence-electron chi connectivity index (χ2n) is 6.54. The van der Waals surface area contributed by atoms with Gasteiger partial charge in [-0.2, -0.15) is 0 Å². The van der Waals surface area contributed by atoms with Crippen LogP contribution in [0.25, 0.3) is 16.7 Å². The molecule has 3 nitrogen and oxygen atoms in total. The van der Waals surface area contributed by atoms with Crippen molar-refractivity contribution in [3.63, 3.8) is 0 Å². The summed E-state index contributed by atoms with van der Waals surface area (Å²) in [6, 6.07) is 18.9. The number of imidazole rings is 1. The van der Waals surface area contributed by atoms with E-state index in [1.165, 1.54) is 36.8 Å². The van der Waals surface area contributed by atoms with Crippen molar-refractivity contribution in [2.24, 2.45) is 0 Å². The number of hydrogen-bond donors (Lipinski definition) is 1. The van der Waals surface area contributed by atoms with E-state index in [2.05, 4.69) is 52.3 Å². The molecule has 24 heavy (non-hydrogen) atoms. The number of anilines is 2. The number of aromatic nitrogens is 2. The van der Waals surface area contributed by atoms with Gasteiger partial charge in [-0.3, -0.25) is 4.40 Å². The van der Waals surface area contributed by atoms with E-state index < -0.39 is 0 Å². The summed E-state index contributed by atoms with van der Waals surface area (Å²) in [5.41, 5.74) is 8.39. The average Bonchev–Trinajstić information content (AvgIpc) is 2.99. The van der Waals surface area contributed by atoms with Crippen LogP contribution in [-0.2, 0) is 12.8 Å². The highest BCUT2D eigenvalue weighted by Crippen LogP contribution is 2.30. The van der Waals surface area contributed by atoms with Crippen LogP contribution in [0.2, 0.25) is 0 Å². The first-order valence-corrected chi connectivity index (χ1v) is 8.63. The number of pyridine rings is 1. The smallest absolute Gasteiger partial charge is 0.138 e. The minimum absolute atomic E-state index is 1.04. The topological polar surface area (TPSA) is 29.3 Å². The number of nitrogens with zero attached hydrogens (tertiary/aromatic N) is 2. The van der Waals surface area contributed by atoms with Gasteiger partial charge in [0.15, 0.2) is 0 Å². The zero-order chi connectivity index (χ0) is 15.9. The normalized spacial score (nSPS) is 14.0. The number of rotatable bonds is 2. The second kappa shape index (κ2) is 5.38. The number of aryl methyl sites for hydroxylation is 2. The molecule has 1 aliphatic rings. The Kier molecular flexibility index (Phi) is 3.05. The number of nitrogens with one attached hydrogen (secondary N) is 1. The van der Waals surface area contributed by atoms with E-state index in [-0.39, 0.29) is 0 Å². The quantitative estimate of drug-likeness (QED) is 0.557. The lowest BCUT2D eigenvalue weighted by Gasteiger charge is -2.16. The van der Waals surface area contributed by atoms with Crippen molar-refractivity contribution in [3.05, 3.63) is 71.9 Å². The lowest BCUT2D eigenvalue weighted by Crippen LogP contribution is -2.04. The molecule has 1 aliphatic carbocycles. The van der Waals surface area contributed by atoms with E-state index in [1.54, 1.807) is 0 Å². The summed E-state index contributed by atoms with van der Waals surface area (Å²) in [5, 5.41) is 3.54. The van der Waals surface area contributed by atoms with Crippen molar-refractivity contribution in [1.29, 1.82) is 0 Å². The Morgan fingerprint density at radius 2 is 1.71 bits per heavy atom. The summed E-state index contributed by atoms with van der Waals surface area (Å²) in [6.07, 6.45) is 7.25. The van der Waals surface area contributed by atoms with E-state index in [4.69, 9.17) is 4.98 Å². The van der Waals surface area contributed by atoms with Crippen molar-refractivity contribution in [2.75, 3.05) is 5.32 Å². The molecule has 2 heterocycles. The predicted molar refractivity (Wildman–Crippen MR) is 99.1 cm³/mol. The van der Waals surface area contributed by atoms with Gasteiger partial charge in [0, 0.05) is 11.9 Å². The van der Waals surface area contributed by atoms with Gasteiger partial charge in [-0.05, 0) is 67.1 Å². The van der Waals surface area contributed by atoms with Gasteiger partial charge in [-0.1, -0.05) is 24.3 Å². The molecule has 0 spiro atoms. The molecule has 118 valence electrons. The van der Waals surface area contributed by atoms with Crippen LogP contribution in [0.1, 0.15) is 24.0 Å². The standard InChI is InChI=1S/C21H19N3/c1-2-9-17(10-3-1)22-18-11-6-12-19-21(18)24-14-16-8-5-4-7-15(16)13-20(24)23-19/h1-3,6,9-14,22H,4-5,7-8H2. The fourth-order valence-corrected chi connectivity index (χ4v) is 3.75. The molecule has 0 saturated carbocycles. The van der Waals surface area contributed by atoms with Gasteiger partial charge in [0.1, 0.15) is 5.65 Å². The predicted octanol–water partition coefficient (Wildman–Crippen LogP) is 5.11. The van der Waals surface area contributed by atoms with Crippen molar-refractivity contribution >= 4 is 28.1 Å². The number of benzene rings is 2. The van der Waals surface area contributed by atoms with Crippen LogP contribution in [0, 0.1) is 0 Å². The van der Waals surface area contributed by atoms with E-state index >= 15 is 0 Å². The zero-order valence-electron chi connectivity index (χ0n) is 13.5. The van der Waals surface area contributed by atoms with E-state index in [1.807, 2.05) is 18.2 Å². The fourth-order valence-electron chi connectivity index (χ4n) is 3.75. The maximum absolute atomic E-state index is 4.85. The molecule has 4 aromatic rings. The summed E-state index contributed by atoms with van der Waals surface area (Å²) in [4.78, 5) is 4.85. The van der Waals surface area contributed by atoms with Gasteiger partial charge >= 0.3 is 0 Å². The lowest BCUT2D eigenvalue weighted by molar-refractivity contribution is 0.682. The molecule has 0 atom stereocenters. The first-order chi connectivity index (χ1) is 11.9. The maximum atomic E-state index is 4.85. The molecule has 2 aromatic heterocycles. The molecule has 0 saturated heterocycles. The van der Waals surface area contributed by atoms with Gasteiger partial charge in [-0.15, -0.1) is 0 Å². The minimum atomic E-state index is 1.04. The SMILES string of the molecule is c1ccc(Nc2cccc3nc4cc5c(cn4c23)CCCC5)cc1. The largest absolute Gasteiger partial charge is 0.354 e. The van der Waals surface area contributed by atoms with Crippen LogP contribution < -0.4 is 5.32 Å². The molecule has 0 amide bonds. The molecule has 1 N–H and O–H groups in total. The summed E-state index contributed by atoms with van der Waals surface area (Å²) < 4.78 is 2.25. The zero-order valence-corrected chi connectivity index (χ0v) is 13.5. The van der Waals surface area contributed by atoms with Gasteiger partial charge in [0.05, 0.1) is 16.7 Å². The Hall–Kier alpha value is -2.81.